The van der Waals surface area contributed by atoms with Crippen LogP contribution in [0, 0.1) is 17.0 Å². The van der Waals surface area contributed by atoms with Crippen LogP contribution in [0.3, 0.4) is 0 Å². The molecule has 0 saturated carbocycles. The summed E-state index contributed by atoms with van der Waals surface area (Å²) >= 11 is 1.03. The number of rotatable bonds is 10. The number of sulfonamides is 1. The highest BCUT2D eigenvalue weighted by Gasteiger charge is 2.29. The fourth-order valence-electron chi connectivity index (χ4n) is 5.07. The monoisotopic (exact) mass is 620 g/mol. The molecule has 1 fully saturated rings. The van der Waals surface area contributed by atoms with Crippen LogP contribution >= 0.6 is 11.3 Å². The lowest BCUT2D eigenvalue weighted by molar-refractivity contribution is -0.385. The van der Waals surface area contributed by atoms with E-state index in [1.165, 1.54) is 18.2 Å². The summed E-state index contributed by atoms with van der Waals surface area (Å²) in [6.45, 7) is 2.17. The molecule has 0 spiro atoms. The standard InChI is InChI=1S/C31H30N3O7S2/c1-21-28(35)30(31(36)41-19-24-10-5-6-13-27(24)34(37)38)42-29(21)23-11-7-12-26(18-23)32-25-14-16-33(17-15-25)43(39,40)20-22-8-3-2-4-9-22/h2-13,18,25,32H,14-17,19-20H2,1H3. The van der Waals surface area contributed by atoms with Gasteiger partial charge in [-0.1, -0.05) is 54.6 Å². The third kappa shape index (κ3) is 7.04. The first-order valence-corrected chi connectivity index (χ1v) is 16.1. The number of hydrogen-bond donors (Lipinski definition) is 1. The summed E-state index contributed by atoms with van der Waals surface area (Å²) in [6.07, 6.45) is 1.30. The Bertz CT molecular complexity index is 1730. The van der Waals surface area contributed by atoms with Crippen molar-refractivity contribution >= 4 is 38.7 Å². The highest BCUT2D eigenvalue weighted by molar-refractivity contribution is 7.88. The minimum Gasteiger partial charge on any atom is -0.456 e. The molecule has 1 aromatic heterocycles. The van der Waals surface area contributed by atoms with Crippen LogP contribution in [-0.4, -0.2) is 42.7 Å². The number of nitro benzene ring substituents is 1. The molecule has 12 heteroatoms. The van der Waals surface area contributed by atoms with Crippen LogP contribution in [0.1, 0.15) is 39.2 Å². The van der Waals surface area contributed by atoms with Crippen molar-refractivity contribution in [2.45, 2.75) is 38.2 Å². The first-order valence-electron chi connectivity index (χ1n) is 13.7. The van der Waals surface area contributed by atoms with Gasteiger partial charge in [-0.3, -0.25) is 15.2 Å². The molecule has 3 aromatic carbocycles. The maximum Gasteiger partial charge on any atom is 0.352 e. The van der Waals surface area contributed by atoms with E-state index in [0.29, 0.717) is 36.4 Å². The Morgan fingerprint density at radius 3 is 2.47 bits per heavy atom. The van der Waals surface area contributed by atoms with Crippen LogP contribution in [-0.2, 0) is 32.2 Å². The lowest BCUT2D eigenvalue weighted by Crippen LogP contribution is -2.42. The number of carbonyl (C=O) groups is 1. The summed E-state index contributed by atoms with van der Waals surface area (Å²) in [5, 5.41) is 27.7. The van der Waals surface area contributed by atoms with Crippen LogP contribution in [0.25, 0.3) is 10.4 Å². The second-order valence-electron chi connectivity index (χ2n) is 10.3. The molecule has 10 nitrogen and oxygen atoms in total. The van der Waals surface area contributed by atoms with Crippen LogP contribution in [0.2, 0.25) is 0 Å². The van der Waals surface area contributed by atoms with E-state index in [2.05, 4.69) is 5.32 Å². The highest BCUT2D eigenvalue weighted by atomic mass is 32.2. The van der Waals surface area contributed by atoms with Crippen molar-refractivity contribution in [3.63, 3.8) is 0 Å². The molecule has 2 heterocycles. The summed E-state index contributed by atoms with van der Waals surface area (Å²) < 4.78 is 32.7. The molecule has 1 aliphatic heterocycles. The molecular formula is C31H30N3O7S2. The number of nitro groups is 1. The number of hydrogen-bond acceptors (Lipinski definition) is 8. The van der Waals surface area contributed by atoms with E-state index in [-0.39, 0.29) is 34.5 Å². The highest BCUT2D eigenvalue weighted by Crippen LogP contribution is 2.42. The molecule has 0 aliphatic carbocycles. The summed E-state index contributed by atoms with van der Waals surface area (Å²) in [4.78, 5) is 24.1. The zero-order chi connectivity index (χ0) is 30.6. The zero-order valence-corrected chi connectivity index (χ0v) is 25.0. The Balaban J connectivity index is 1.22. The minimum atomic E-state index is -3.41. The molecule has 4 aromatic rings. The molecule has 1 radical (unpaired) electrons. The number of carbonyl (C=O) groups excluding carboxylic acids is 1. The van der Waals surface area contributed by atoms with Gasteiger partial charge in [-0.25, -0.2) is 17.5 Å². The van der Waals surface area contributed by atoms with Gasteiger partial charge in [-0.05, 0) is 49.1 Å². The van der Waals surface area contributed by atoms with E-state index in [4.69, 9.17) is 4.74 Å². The van der Waals surface area contributed by atoms with Crippen molar-refractivity contribution in [1.82, 2.24) is 4.31 Å². The minimum absolute atomic E-state index is 0.0163. The average Bonchev–Trinajstić information content (AvgIpc) is 3.30. The van der Waals surface area contributed by atoms with E-state index in [1.54, 1.807) is 17.3 Å². The number of esters is 1. The van der Waals surface area contributed by atoms with E-state index in [1.807, 2.05) is 54.6 Å². The summed E-state index contributed by atoms with van der Waals surface area (Å²) in [5.41, 5.74) is 2.83. The first kappa shape index (κ1) is 30.2. The molecule has 1 N–H and O–H groups in total. The molecule has 5 rings (SSSR count). The molecule has 0 bridgehead atoms. The van der Waals surface area contributed by atoms with Crippen LogP contribution in [0.5, 0.6) is 5.75 Å². The first-order chi connectivity index (χ1) is 20.6. The van der Waals surface area contributed by atoms with Crippen molar-refractivity contribution in [3.05, 3.63) is 111 Å². The normalized spacial score (nSPS) is 14.3. The molecular weight excluding hydrogens is 590 g/mol. The predicted octanol–water partition coefficient (Wildman–Crippen LogP) is 6.54. The van der Waals surface area contributed by atoms with Crippen LogP contribution in [0.15, 0.2) is 78.9 Å². The van der Waals surface area contributed by atoms with Gasteiger partial charge in [0.2, 0.25) is 15.8 Å². The number of benzene rings is 3. The second-order valence-corrected chi connectivity index (χ2v) is 13.3. The quantitative estimate of drug-likeness (QED) is 0.121. The van der Waals surface area contributed by atoms with E-state index < -0.39 is 26.7 Å². The fourth-order valence-corrected chi connectivity index (χ4v) is 7.71. The molecule has 223 valence electrons. The SMILES string of the molecule is Cc1c(-c2cccc(NC3CCN(S(=O)(=O)Cc4ccccc4)CC3)c2)sc(C(=O)OCc2ccccc2[N+](=O)[O-])c1[O]. The van der Waals surface area contributed by atoms with Crippen molar-refractivity contribution in [3.8, 4) is 16.2 Å². The predicted molar refractivity (Wildman–Crippen MR) is 164 cm³/mol. The van der Waals surface area contributed by atoms with Crippen molar-refractivity contribution in [2.75, 3.05) is 18.4 Å². The Morgan fingerprint density at radius 1 is 1.05 bits per heavy atom. The fraction of sp³-hybridized carbons (Fsp3) is 0.258. The summed E-state index contributed by atoms with van der Waals surface area (Å²) in [5.74, 6) is -1.28. The number of ether oxygens (including phenoxy) is 1. The van der Waals surface area contributed by atoms with Gasteiger partial charge in [0.25, 0.3) is 5.69 Å². The van der Waals surface area contributed by atoms with Gasteiger partial charge in [-0.2, -0.15) is 0 Å². The third-order valence-electron chi connectivity index (χ3n) is 7.36. The largest absolute Gasteiger partial charge is 0.456 e. The van der Waals surface area contributed by atoms with Gasteiger partial charge in [0.1, 0.15) is 6.61 Å². The second kappa shape index (κ2) is 12.9. The lowest BCUT2D eigenvalue weighted by atomic mass is 10.1. The Hall–Kier alpha value is -4.26. The van der Waals surface area contributed by atoms with Gasteiger partial charge in [0, 0.05) is 41.3 Å². The third-order valence-corrected chi connectivity index (χ3v) is 10.5. The Labute approximate surface area is 253 Å². The Morgan fingerprint density at radius 2 is 1.74 bits per heavy atom. The summed E-state index contributed by atoms with van der Waals surface area (Å²) in [7, 11) is -3.41. The molecule has 0 unspecified atom stereocenters. The number of anilines is 1. The Kier molecular flexibility index (Phi) is 9.09. The molecule has 1 saturated heterocycles. The number of thiophene rings is 1. The number of para-hydroxylation sites is 1. The smallest absolute Gasteiger partial charge is 0.352 e. The van der Waals surface area contributed by atoms with Gasteiger partial charge >= 0.3 is 5.97 Å². The number of piperidine rings is 1. The maximum absolute atomic E-state index is 13.0. The topological polar surface area (TPSA) is 139 Å². The van der Waals surface area contributed by atoms with Gasteiger partial charge in [0.05, 0.1) is 16.2 Å². The van der Waals surface area contributed by atoms with Gasteiger partial charge in [-0.15, -0.1) is 11.3 Å². The van der Waals surface area contributed by atoms with Crippen LogP contribution in [0.4, 0.5) is 11.4 Å². The molecule has 0 atom stereocenters. The molecule has 43 heavy (non-hydrogen) atoms. The van der Waals surface area contributed by atoms with E-state index >= 15 is 0 Å². The van der Waals surface area contributed by atoms with E-state index in [0.717, 1.165) is 28.2 Å². The molecule has 0 amide bonds. The number of nitrogens with one attached hydrogen (secondary N) is 1. The van der Waals surface area contributed by atoms with E-state index in [9.17, 15) is 28.4 Å². The van der Waals surface area contributed by atoms with Gasteiger partial charge in [0.15, 0.2) is 4.88 Å². The van der Waals surface area contributed by atoms with Crippen molar-refractivity contribution in [1.29, 1.82) is 0 Å². The van der Waals surface area contributed by atoms with Gasteiger partial charge < -0.3 is 10.1 Å². The van der Waals surface area contributed by atoms with Crippen LogP contribution < -0.4 is 5.32 Å². The average molecular weight is 621 g/mol. The maximum atomic E-state index is 13.0. The summed E-state index contributed by atoms with van der Waals surface area (Å²) in [6, 6.07) is 22.7. The van der Waals surface area contributed by atoms with Crippen molar-refractivity contribution in [2.24, 2.45) is 0 Å². The zero-order valence-electron chi connectivity index (χ0n) is 23.4. The molecule has 1 aliphatic rings. The number of nitrogens with zero attached hydrogens (tertiary/aromatic N) is 2. The van der Waals surface area contributed by atoms with Crippen molar-refractivity contribution < 1.29 is 28.0 Å². The lowest BCUT2D eigenvalue weighted by Gasteiger charge is -2.32.